The van der Waals surface area contributed by atoms with Crippen LogP contribution in [0.5, 0.6) is 0 Å². The number of carbonyl (C=O) groups excluding carboxylic acids is 2. The van der Waals surface area contributed by atoms with Crippen molar-refractivity contribution in [2.75, 3.05) is 19.6 Å². The maximum absolute atomic E-state index is 14.1. The van der Waals surface area contributed by atoms with E-state index in [9.17, 15) is 23.5 Å². The fraction of sp³-hybridized carbons (Fsp3) is 0.438. The maximum Gasteiger partial charge on any atom is 0.249 e. The quantitative estimate of drug-likeness (QED) is 0.342. The van der Waals surface area contributed by atoms with Gasteiger partial charge in [-0.1, -0.05) is 48.9 Å². The van der Waals surface area contributed by atoms with E-state index < -0.39 is 35.0 Å². The van der Waals surface area contributed by atoms with Gasteiger partial charge in [0.05, 0.1) is 11.5 Å². The van der Waals surface area contributed by atoms with E-state index in [1.807, 2.05) is 32.0 Å². The number of aryl methyl sites for hydroxylation is 1. The van der Waals surface area contributed by atoms with E-state index >= 15 is 0 Å². The summed E-state index contributed by atoms with van der Waals surface area (Å²) in [6, 6.07) is 11.3. The van der Waals surface area contributed by atoms with Gasteiger partial charge >= 0.3 is 0 Å². The minimum atomic E-state index is -1.46. The summed E-state index contributed by atoms with van der Waals surface area (Å²) >= 11 is 0. The van der Waals surface area contributed by atoms with Crippen molar-refractivity contribution in [1.82, 2.24) is 10.2 Å². The van der Waals surface area contributed by atoms with Crippen molar-refractivity contribution >= 4 is 11.8 Å². The van der Waals surface area contributed by atoms with Gasteiger partial charge in [0.1, 0.15) is 11.6 Å². The fourth-order valence-electron chi connectivity index (χ4n) is 5.68. The van der Waals surface area contributed by atoms with E-state index in [4.69, 9.17) is 5.73 Å². The average molecular weight is 554 g/mol. The summed E-state index contributed by atoms with van der Waals surface area (Å²) in [7, 11) is 0. The number of allylic oxidation sites excluding steroid dienone is 2. The number of hydrogen-bond acceptors (Lipinski definition) is 4. The molecular formula is C32H41F2N3O3. The van der Waals surface area contributed by atoms with Crippen LogP contribution in [0, 0.1) is 23.0 Å². The van der Waals surface area contributed by atoms with Crippen molar-refractivity contribution in [2.24, 2.45) is 17.1 Å². The van der Waals surface area contributed by atoms with Gasteiger partial charge in [-0.25, -0.2) is 8.78 Å². The SMILES string of the molecule is CCc1cccc(CNC[C@H](O)[C@@H](Cc2cc(F)cc(F)c2)C2(C(N)=O)C=C(C)C=C(C(=O)N(CC)CC)C2)c1. The first kappa shape index (κ1) is 31.2. The largest absolute Gasteiger partial charge is 0.391 e. The van der Waals surface area contributed by atoms with Crippen LogP contribution in [0.25, 0.3) is 0 Å². The van der Waals surface area contributed by atoms with Gasteiger partial charge in [-0.3, -0.25) is 9.59 Å². The highest BCUT2D eigenvalue weighted by Crippen LogP contribution is 2.44. The Balaban J connectivity index is 1.97. The molecule has 2 aromatic rings. The highest BCUT2D eigenvalue weighted by atomic mass is 19.1. The second kappa shape index (κ2) is 13.8. The number of carbonyl (C=O) groups is 2. The van der Waals surface area contributed by atoms with Crippen LogP contribution in [0.1, 0.15) is 50.8 Å². The van der Waals surface area contributed by atoms with Gasteiger partial charge in [0.25, 0.3) is 0 Å². The zero-order valence-corrected chi connectivity index (χ0v) is 23.8. The Kier molecular flexibility index (Phi) is 10.8. The Morgan fingerprint density at radius 2 is 1.70 bits per heavy atom. The first-order chi connectivity index (χ1) is 19.0. The molecule has 1 aliphatic carbocycles. The van der Waals surface area contributed by atoms with Gasteiger partial charge < -0.3 is 21.1 Å². The molecule has 0 radical (unpaired) electrons. The van der Waals surface area contributed by atoms with Crippen molar-refractivity contribution in [2.45, 2.75) is 59.6 Å². The van der Waals surface area contributed by atoms with E-state index in [1.54, 1.807) is 24.0 Å². The number of primary amides is 1. The van der Waals surface area contributed by atoms with Crippen LogP contribution in [-0.4, -0.2) is 47.6 Å². The molecule has 0 heterocycles. The fourth-order valence-corrected chi connectivity index (χ4v) is 5.68. The third-order valence-corrected chi connectivity index (χ3v) is 7.74. The van der Waals surface area contributed by atoms with Crippen molar-refractivity contribution in [3.05, 3.63) is 94.1 Å². The number of hydrogen-bond donors (Lipinski definition) is 3. The molecule has 1 aliphatic rings. The molecule has 0 aromatic heterocycles. The van der Waals surface area contributed by atoms with E-state index in [1.165, 1.54) is 17.7 Å². The lowest BCUT2D eigenvalue weighted by Gasteiger charge is -2.42. The number of nitrogens with one attached hydrogen (secondary N) is 1. The first-order valence-electron chi connectivity index (χ1n) is 13.9. The molecule has 0 saturated heterocycles. The van der Waals surface area contributed by atoms with Crippen LogP contribution in [0.3, 0.4) is 0 Å². The predicted octanol–water partition coefficient (Wildman–Crippen LogP) is 4.45. The molecule has 2 aromatic carbocycles. The minimum absolute atomic E-state index is 0.0208. The summed E-state index contributed by atoms with van der Waals surface area (Å²) in [5, 5.41) is 14.8. The Morgan fingerprint density at radius 1 is 1.05 bits per heavy atom. The smallest absolute Gasteiger partial charge is 0.249 e. The summed E-state index contributed by atoms with van der Waals surface area (Å²) in [6.45, 7) is 9.18. The van der Waals surface area contributed by atoms with Crippen molar-refractivity contribution in [3.63, 3.8) is 0 Å². The van der Waals surface area contributed by atoms with Crippen molar-refractivity contribution in [3.8, 4) is 0 Å². The first-order valence-corrected chi connectivity index (χ1v) is 13.9. The third-order valence-electron chi connectivity index (χ3n) is 7.74. The summed E-state index contributed by atoms with van der Waals surface area (Å²) < 4.78 is 28.3. The van der Waals surface area contributed by atoms with Crippen LogP contribution < -0.4 is 11.1 Å². The Labute approximate surface area is 236 Å². The number of likely N-dealkylation sites (N-methyl/N-ethyl adjacent to an activating group) is 1. The van der Waals surface area contributed by atoms with Gasteiger partial charge in [0.2, 0.25) is 11.8 Å². The predicted molar refractivity (Wildman–Crippen MR) is 153 cm³/mol. The van der Waals surface area contributed by atoms with Crippen LogP contribution in [0.2, 0.25) is 0 Å². The number of rotatable bonds is 13. The Bertz CT molecular complexity index is 1250. The van der Waals surface area contributed by atoms with Gasteiger partial charge in [-0.2, -0.15) is 0 Å². The van der Waals surface area contributed by atoms with Crippen molar-refractivity contribution < 1.29 is 23.5 Å². The molecule has 0 fully saturated rings. The Hall–Kier alpha value is -3.36. The molecule has 0 spiro atoms. The molecular weight excluding hydrogens is 512 g/mol. The van der Waals surface area contributed by atoms with Crippen LogP contribution in [0.15, 0.2) is 65.8 Å². The van der Waals surface area contributed by atoms with E-state index in [-0.39, 0.29) is 30.9 Å². The Morgan fingerprint density at radius 3 is 2.30 bits per heavy atom. The zero-order valence-electron chi connectivity index (χ0n) is 23.8. The van der Waals surface area contributed by atoms with E-state index in [2.05, 4.69) is 18.3 Å². The molecule has 0 aliphatic heterocycles. The number of aliphatic hydroxyl groups excluding tert-OH is 1. The summed E-state index contributed by atoms with van der Waals surface area (Å²) in [4.78, 5) is 28.3. The normalized spacial score (nSPS) is 18.5. The molecule has 40 heavy (non-hydrogen) atoms. The topological polar surface area (TPSA) is 95.7 Å². The zero-order chi connectivity index (χ0) is 29.4. The molecule has 3 rings (SSSR count). The molecule has 1 unspecified atom stereocenters. The third kappa shape index (κ3) is 7.43. The van der Waals surface area contributed by atoms with Crippen LogP contribution in [0.4, 0.5) is 8.78 Å². The average Bonchev–Trinajstić information content (AvgIpc) is 2.91. The van der Waals surface area contributed by atoms with Gasteiger partial charge in [0.15, 0.2) is 0 Å². The van der Waals surface area contributed by atoms with Gasteiger partial charge in [0, 0.05) is 43.7 Å². The standard InChI is InChI=1S/C32H41F2N3O3/c1-5-22-9-8-10-23(12-22)19-36-20-29(38)28(15-24-13-26(33)16-27(34)14-24)32(31(35)40)17-21(4)11-25(18-32)30(39)37(6-2)7-3/h8-14,16-17,28-29,36,38H,5-7,15,18-20H2,1-4H3,(H2,35,40)/t28-,29+,32?/m1/s1. The second-order valence-corrected chi connectivity index (χ2v) is 10.6. The van der Waals surface area contributed by atoms with Gasteiger partial charge in [-0.05, 0) is 68.9 Å². The van der Waals surface area contributed by atoms with E-state index in [0.717, 1.165) is 18.1 Å². The molecule has 6 nitrogen and oxygen atoms in total. The molecule has 216 valence electrons. The number of amides is 2. The number of aliphatic hydroxyl groups is 1. The number of halogens is 2. The number of nitrogens with zero attached hydrogens (tertiary/aromatic N) is 1. The summed E-state index contributed by atoms with van der Waals surface area (Å²) in [5.74, 6) is -3.29. The molecule has 0 saturated carbocycles. The van der Waals surface area contributed by atoms with Crippen LogP contribution in [-0.2, 0) is 29.0 Å². The highest BCUT2D eigenvalue weighted by molar-refractivity contribution is 5.96. The van der Waals surface area contributed by atoms with Crippen molar-refractivity contribution in [1.29, 1.82) is 0 Å². The lowest BCUT2D eigenvalue weighted by Crippen LogP contribution is -2.51. The lowest BCUT2D eigenvalue weighted by atomic mass is 9.63. The summed E-state index contributed by atoms with van der Waals surface area (Å²) in [6.07, 6.45) is 3.17. The summed E-state index contributed by atoms with van der Waals surface area (Å²) in [5.41, 5.74) is 8.20. The highest BCUT2D eigenvalue weighted by Gasteiger charge is 2.48. The van der Waals surface area contributed by atoms with E-state index in [0.29, 0.717) is 30.8 Å². The van der Waals surface area contributed by atoms with Gasteiger partial charge in [-0.15, -0.1) is 0 Å². The number of benzene rings is 2. The van der Waals surface area contributed by atoms with Crippen LogP contribution >= 0.6 is 0 Å². The number of nitrogens with two attached hydrogens (primary N) is 1. The molecule has 4 N–H and O–H groups in total. The maximum atomic E-state index is 14.1. The molecule has 0 bridgehead atoms. The molecule has 3 atom stereocenters. The monoisotopic (exact) mass is 553 g/mol. The molecule has 8 heteroatoms. The lowest BCUT2D eigenvalue weighted by molar-refractivity contribution is -0.132. The minimum Gasteiger partial charge on any atom is -0.391 e. The molecule has 2 amide bonds. The second-order valence-electron chi connectivity index (χ2n) is 10.6.